The van der Waals surface area contributed by atoms with Gasteiger partial charge in [-0.2, -0.15) is 5.10 Å². The number of rotatable bonds is 3. The summed E-state index contributed by atoms with van der Waals surface area (Å²) < 4.78 is 1.88. The topological polar surface area (TPSA) is 45.5 Å². The number of anilines is 1. The Labute approximate surface area is 113 Å². The van der Waals surface area contributed by atoms with Gasteiger partial charge in [0.25, 0.3) is 0 Å². The van der Waals surface area contributed by atoms with Crippen molar-refractivity contribution in [2.75, 3.05) is 31.1 Å². The quantitative estimate of drug-likeness (QED) is 0.903. The van der Waals surface area contributed by atoms with Gasteiger partial charge in [0.1, 0.15) is 0 Å². The van der Waals surface area contributed by atoms with Gasteiger partial charge in [0.15, 0.2) is 11.5 Å². The SMILES string of the molecule is CC(C)Cc1nc2cc(N3CCNCC3)ccn2n1. The van der Waals surface area contributed by atoms with E-state index in [1.165, 1.54) is 5.69 Å². The van der Waals surface area contributed by atoms with E-state index in [1.807, 2.05) is 10.7 Å². The predicted octanol–water partition coefficient (Wildman–Crippen LogP) is 1.34. The minimum Gasteiger partial charge on any atom is -0.369 e. The van der Waals surface area contributed by atoms with Crippen molar-refractivity contribution in [3.8, 4) is 0 Å². The molecule has 0 bridgehead atoms. The molecule has 1 fully saturated rings. The first-order chi connectivity index (χ1) is 9.22. The molecule has 0 amide bonds. The van der Waals surface area contributed by atoms with Crippen LogP contribution in [0.3, 0.4) is 0 Å². The highest BCUT2D eigenvalue weighted by Crippen LogP contribution is 2.17. The molecule has 1 N–H and O–H groups in total. The summed E-state index contributed by atoms with van der Waals surface area (Å²) in [6.07, 6.45) is 2.95. The van der Waals surface area contributed by atoms with Crippen LogP contribution in [0.5, 0.6) is 0 Å². The second kappa shape index (κ2) is 5.17. The Balaban J connectivity index is 1.87. The molecule has 3 heterocycles. The lowest BCUT2D eigenvalue weighted by atomic mass is 10.1. The van der Waals surface area contributed by atoms with Crippen LogP contribution in [0.1, 0.15) is 19.7 Å². The zero-order chi connectivity index (χ0) is 13.2. The zero-order valence-electron chi connectivity index (χ0n) is 11.6. The van der Waals surface area contributed by atoms with E-state index in [-0.39, 0.29) is 0 Å². The number of pyridine rings is 1. The molecule has 1 aliphatic rings. The summed E-state index contributed by atoms with van der Waals surface area (Å²) >= 11 is 0. The largest absolute Gasteiger partial charge is 0.369 e. The third-order valence-electron chi connectivity index (χ3n) is 3.44. The van der Waals surface area contributed by atoms with Gasteiger partial charge < -0.3 is 10.2 Å². The van der Waals surface area contributed by atoms with E-state index in [2.05, 4.69) is 46.3 Å². The van der Waals surface area contributed by atoms with Gasteiger partial charge in [0.2, 0.25) is 0 Å². The first-order valence-electron chi connectivity index (χ1n) is 7.03. The van der Waals surface area contributed by atoms with Crippen molar-refractivity contribution in [3.05, 3.63) is 24.2 Å². The first-order valence-corrected chi connectivity index (χ1v) is 7.03. The summed E-state index contributed by atoms with van der Waals surface area (Å²) in [5.74, 6) is 1.53. The van der Waals surface area contributed by atoms with Gasteiger partial charge in [0.05, 0.1) is 0 Å². The lowest BCUT2D eigenvalue weighted by molar-refractivity contribution is 0.589. The highest BCUT2D eigenvalue weighted by atomic mass is 15.3. The van der Waals surface area contributed by atoms with Crippen LogP contribution in [0.15, 0.2) is 18.3 Å². The first kappa shape index (κ1) is 12.4. The summed E-state index contributed by atoms with van der Waals surface area (Å²) in [6, 6.07) is 4.27. The maximum absolute atomic E-state index is 4.62. The smallest absolute Gasteiger partial charge is 0.157 e. The van der Waals surface area contributed by atoms with Crippen LogP contribution in [-0.2, 0) is 6.42 Å². The van der Waals surface area contributed by atoms with Gasteiger partial charge >= 0.3 is 0 Å². The van der Waals surface area contributed by atoms with Crippen molar-refractivity contribution in [2.45, 2.75) is 20.3 Å². The number of hydrogen-bond donors (Lipinski definition) is 1. The summed E-state index contributed by atoms with van der Waals surface area (Å²) in [6.45, 7) is 8.61. The van der Waals surface area contributed by atoms with E-state index in [9.17, 15) is 0 Å². The molecule has 0 saturated carbocycles. The van der Waals surface area contributed by atoms with Crippen molar-refractivity contribution >= 4 is 11.3 Å². The number of fused-ring (bicyclic) bond motifs is 1. The molecule has 0 spiro atoms. The molecule has 0 atom stereocenters. The standard InChI is InChI=1S/C14H21N5/c1-11(2)9-13-16-14-10-12(3-6-19(14)17-13)18-7-4-15-5-8-18/h3,6,10-11,15H,4-5,7-9H2,1-2H3. The maximum atomic E-state index is 4.62. The summed E-state index contributed by atoms with van der Waals surface area (Å²) in [5.41, 5.74) is 2.20. The monoisotopic (exact) mass is 259 g/mol. The summed E-state index contributed by atoms with van der Waals surface area (Å²) in [5, 5.41) is 7.89. The third kappa shape index (κ3) is 2.71. The average Bonchev–Trinajstić information content (AvgIpc) is 2.79. The van der Waals surface area contributed by atoms with E-state index in [4.69, 9.17) is 0 Å². The zero-order valence-corrected chi connectivity index (χ0v) is 11.6. The predicted molar refractivity (Wildman–Crippen MR) is 76.6 cm³/mol. The molecule has 19 heavy (non-hydrogen) atoms. The fourth-order valence-electron chi connectivity index (χ4n) is 2.49. The van der Waals surface area contributed by atoms with Crippen LogP contribution >= 0.6 is 0 Å². The highest BCUT2D eigenvalue weighted by Gasteiger charge is 2.12. The third-order valence-corrected chi connectivity index (χ3v) is 3.44. The van der Waals surface area contributed by atoms with Crippen molar-refractivity contribution in [1.29, 1.82) is 0 Å². The Morgan fingerprint density at radius 3 is 2.84 bits per heavy atom. The van der Waals surface area contributed by atoms with Crippen LogP contribution in [0.25, 0.3) is 5.65 Å². The number of piperazine rings is 1. The van der Waals surface area contributed by atoms with E-state index in [0.717, 1.165) is 44.1 Å². The van der Waals surface area contributed by atoms with E-state index >= 15 is 0 Å². The fourth-order valence-corrected chi connectivity index (χ4v) is 2.49. The molecule has 3 rings (SSSR count). The Kier molecular flexibility index (Phi) is 3.38. The molecule has 0 radical (unpaired) electrons. The molecule has 0 unspecified atom stereocenters. The molecule has 5 heteroatoms. The average molecular weight is 259 g/mol. The van der Waals surface area contributed by atoms with Crippen LogP contribution in [0, 0.1) is 5.92 Å². The Bertz CT molecular complexity index is 554. The maximum Gasteiger partial charge on any atom is 0.157 e. The Hall–Kier alpha value is -1.62. The van der Waals surface area contributed by atoms with Crippen LogP contribution in [0.2, 0.25) is 0 Å². The van der Waals surface area contributed by atoms with Gasteiger partial charge in [-0.3, -0.25) is 0 Å². The Morgan fingerprint density at radius 2 is 2.11 bits per heavy atom. The van der Waals surface area contributed by atoms with Gasteiger partial charge in [-0.1, -0.05) is 13.8 Å². The molecule has 1 saturated heterocycles. The van der Waals surface area contributed by atoms with Crippen molar-refractivity contribution in [2.24, 2.45) is 5.92 Å². The number of nitrogens with one attached hydrogen (secondary N) is 1. The van der Waals surface area contributed by atoms with Crippen molar-refractivity contribution < 1.29 is 0 Å². The van der Waals surface area contributed by atoms with Gasteiger partial charge in [-0.05, 0) is 12.0 Å². The Morgan fingerprint density at radius 1 is 1.32 bits per heavy atom. The van der Waals surface area contributed by atoms with E-state index < -0.39 is 0 Å². The van der Waals surface area contributed by atoms with Crippen LogP contribution in [-0.4, -0.2) is 40.8 Å². The lowest BCUT2D eigenvalue weighted by Crippen LogP contribution is -2.43. The van der Waals surface area contributed by atoms with Crippen LogP contribution in [0.4, 0.5) is 5.69 Å². The molecular formula is C14H21N5. The summed E-state index contributed by atoms with van der Waals surface area (Å²) in [4.78, 5) is 7.01. The molecule has 2 aromatic heterocycles. The molecule has 102 valence electrons. The van der Waals surface area contributed by atoms with Crippen molar-refractivity contribution in [3.63, 3.8) is 0 Å². The van der Waals surface area contributed by atoms with E-state index in [1.54, 1.807) is 0 Å². The van der Waals surface area contributed by atoms with E-state index in [0.29, 0.717) is 5.92 Å². The normalized spacial score (nSPS) is 16.5. The second-order valence-corrected chi connectivity index (χ2v) is 5.55. The highest BCUT2D eigenvalue weighted by molar-refractivity contribution is 5.56. The van der Waals surface area contributed by atoms with Gasteiger partial charge in [-0.15, -0.1) is 0 Å². The molecular weight excluding hydrogens is 238 g/mol. The summed E-state index contributed by atoms with van der Waals surface area (Å²) in [7, 11) is 0. The minimum absolute atomic E-state index is 0.588. The molecule has 2 aromatic rings. The molecule has 0 aliphatic carbocycles. The number of nitrogens with zero attached hydrogens (tertiary/aromatic N) is 4. The minimum atomic E-state index is 0.588. The lowest BCUT2D eigenvalue weighted by Gasteiger charge is -2.29. The molecule has 5 nitrogen and oxygen atoms in total. The van der Waals surface area contributed by atoms with Crippen LogP contribution < -0.4 is 10.2 Å². The fraction of sp³-hybridized carbons (Fsp3) is 0.571. The number of hydrogen-bond acceptors (Lipinski definition) is 4. The second-order valence-electron chi connectivity index (χ2n) is 5.55. The molecule has 0 aromatic carbocycles. The van der Waals surface area contributed by atoms with Gasteiger partial charge in [0, 0.05) is 50.6 Å². The van der Waals surface area contributed by atoms with Crippen molar-refractivity contribution in [1.82, 2.24) is 19.9 Å². The molecule has 1 aliphatic heterocycles. The number of aromatic nitrogens is 3. The van der Waals surface area contributed by atoms with Gasteiger partial charge in [-0.25, -0.2) is 9.50 Å².